The molecule has 1 saturated heterocycles. The molecule has 5 nitrogen and oxygen atoms in total. The Morgan fingerprint density at radius 1 is 1.07 bits per heavy atom. The summed E-state index contributed by atoms with van der Waals surface area (Å²) >= 11 is 0. The second-order valence-electron chi connectivity index (χ2n) is 6.56. The van der Waals surface area contributed by atoms with E-state index >= 15 is 0 Å². The first kappa shape index (κ1) is 19.0. The van der Waals surface area contributed by atoms with Crippen LogP contribution in [0.2, 0.25) is 0 Å². The molecule has 0 radical (unpaired) electrons. The van der Waals surface area contributed by atoms with Crippen LogP contribution in [-0.2, 0) is 4.79 Å². The van der Waals surface area contributed by atoms with Crippen LogP contribution in [0.4, 0.5) is 11.4 Å². The minimum atomic E-state index is 0.104. The molecule has 0 unspecified atom stereocenters. The van der Waals surface area contributed by atoms with Crippen LogP contribution in [0.1, 0.15) is 0 Å². The van der Waals surface area contributed by atoms with Gasteiger partial charge in [0.05, 0.1) is 19.3 Å². The molecule has 1 aliphatic heterocycles. The SMILES string of the molecule is C=CCN(C(=O)CN1CCN(c2ccccc2OC)CC1)c1ccccc1. The highest BCUT2D eigenvalue weighted by atomic mass is 16.5. The third-order valence-corrected chi connectivity index (χ3v) is 4.84. The maximum absolute atomic E-state index is 12.9. The molecule has 3 rings (SSSR count). The van der Waals surface area contributed by atoms with Gasteiger partial charge in [-0.2, -0.15) is 0 Å². The first-order chi connectivity index (χ1) is 13.2. The normalized spacial score (nSPS) is 14.6. The zero-order valence-electron chi connectivity index (χ0n) is 15.9. The fourth-order valence-electron chi connectivity index (χ4n) is 3.40. The lowest BCUT2D eigenvalue weighted by Crippen LogP contribution is -2.50. The van der Waals surface area contributed by atoms with Crippen LogP contribution < -0.4 is 14.5 Å². The highest BCUT2D eigenvalue weighted by Crippen LogP contribution is 2.28. The summed E-state index contributed by atoms with van der Waals surface area (Å²) < 4.78 is 5.47. The number of hydrogen-bond donors (Lipinski definition) is 0. The van der Waals surface area contributed by atoms with E-state index in [0.717, 1.165) is 43.3 Å². The Hall–Kier alpha value is -2.79. The molecule has 0 atom stereocenters. The molecule has 2 aromatic carbocycles. The Balaban J connectivity index is 1.59. The standard InChI is InChI=1S/C22H27N3O2/c1-3-13-25(19-9-5-4-6-10-19)22(26)18-23-14-16-24(17-15-23)20-11-7-8-12-21(20)27-2/h3-12H,1,13-18H2,2H3. The summed E-state index contributed by atoms with van der Waals surface area (Å²) in [6, 6.07) is 17.9. The molecule has 0 saturated carbocycles. The fourth-order valence-corrected chi connectivity index (χ4v) is 3.40. The topological polar surface area (TPSA) is 36.0 Å². The van der Waals surface area contributed by atoms with Crippen LogP contribution in [0, 0.1) is 0 Å². The quantitative estimate of drug-likeness (QED) is 0.707. The zero-order chi connectivity index (χ0) is 19.1. The lowest BCUT2D eigenvalue weighted by molar-refractivity contribution is -0.119. The Morgan fingerprint density at radius 3 is 2.41 bits per heavy atom. The molecular formula is C22H27N3O2. The molecule has 1 fully saturated rings. The minimum absolute atomic E-state index is 0.104. The maximum atomic E-state index is 12.9. The third kappa shape index (κ3) is 4.68. The van der Waals surface area contributed by atoms with Gasteiger partial charge in [-0.25, -0.2) is 0 Å². The molecule has 0 spiro atoms. The van der Waals surface area contributed by atoms with E-state index in [4.69, 9.17) is 4.74 Å². The van der Waals surface area contributed by atoms with Crippen molar-refractivity contribution < 1.29 is 9.53 Å². The highest BCUT2D eigenvalue weighted by molar-refractivity contribution is 5.95. The van der Waals surface area contributed by atoms with Gasteiger partial charge in [0.2, 0.25) is 5.91 Å². The van der Waals surface area contributed by atoms with Gasteiger partial charge in [0.15, 0.2) is 0 Å². The van der Waals surface area contributed by atoms with E-state index in [1.807, 2.05) is 48.5 Å². The van der Waals surface area contributed by atoms with Gasteiger partial charge in [0, 0.05) is 38.4 Å². The number of benzene rings is 2. The Bertz CT molecular complexity index is 755. The highest BCUT2D eigenvalue weighted by Gasteiger charge is 2.23. The first-order valence-electron chi connectivity index (χ1n) is 9.29. The van der Waals surface area contributed by atoms with Crippen LogP contribution in [0.5, 0.6) is 5.75 Å². The molecule has 27 heavy (non-hydrogen) atoms. The van der Waals surface area contributed by atoms with Crippen molar-refractivity contribution in [1.82, 2.24) is 4.90 Å². The smallest absolute Gasteiger partial charge is 0.241 e. The average molecular weight is 365 g/mol. The largest absolute Gasteiger partial charge is 0.495 e. The second-order valence-corrected chi connectivity index (χ2v) is 6.56. The van der Waals surface area contributed by atoms with E-state index in [0.29, 0.717) is 13.1 Å². The average Bonchev–Trinajstić information content (AvgIpc) is 2.73. The Labute approximate surface area is 161 Å². The minimum Gasteiger partial charge on any atom is -0.495 e. The van der Waals surface area contributed by atoms with Crippen LogP contribution in [-0.4, -0.2) is 57.2 Å². The number of carbonyl (C=O) groups excluding carboxylic acids is 1. The molecule has 142 valence electrons. The van der Waals surface area contributed by atoms with Gasteiger partial charge in [0.25, 0.3) is 0 Å². The number of carbonyl (C=O) groups is 1. The van der Waals surface area contributed by atoms with E-state index in [9.17, 15) is 4.79 Å². The Kier molecular flexibility index (Phi) is 6.49. The molecule has 1 aliphatic rings. The van der Waals surface area contributed by atoms with E-state index < -0.39 is 0 Å². The van der Waals surface area contributed by atoms with Gasteiger partial charge in [-0.1, -0.05) is 36.4 Å². The number of ether oxygens (including phenoxy) is 1. The van der Waals surface area contributed by atoms with Gasteiger partial charge in [0.1, 0.15) is 5.75 Å². The number of piperazine rings is 1. The van der Waals surface area contributed by atoms with Crippen molar-refractivity contribution in [3.63, 3.8) is 0 Å². The molecule has 1 heterocycles. The van der Waals surface area contributed by atoms with Crippen molar-refractivity contribution in [2.75, 3.05) is 56.2 Å². The molecule has 2 aromatic rings. The summed E-state index contributed by atoms with van der Waals surface area (Å²) in [4.78, 5) is 19.2. The summed E-state index contributed by atoms with van der Waals surface area (Å²) in [6.07, 6.45) is 1.77. The number of nitrogens with zero attached hydrogens (tertiary/aromatic N) is 3. The fraction of sp³-hybridized carbons (Fsp3) is 0.318. The maximum Gasteiger partial charge on any atom is 0.241 e. The van der Waals surface area contributed by atoms with E-state index in [-0.39, 0.29) is 5.91 Å². The molecule has 0 bridgehead atoms. The van der Waals surface area contributed by atoms with Crippen molar-refractivity contribution >= 4 is 17.3 Å². The zero-order valence-corrected chi connectivity index (χ0v) is 15.9. The summed E-state index contributed by atoms with van der Waals surface area (Å²) in [6.45, 7) is 8.17. The van der Waals surface area contributed by atoms with Crippen molar-refractivity contribution in [2.45, 2.75) is 0 Å². The molecule has 1 amide bonds. The molecule has 5 heteroatoms. The van der Waals surface area contributed by atoms with E-state index in [1.165, 1.54) is 0 Å². The number of para-hydroxylation sites is 3. The van der Waals surface area contributed by atoms with Crippen LogP contribution in [0.15, 0.2) is 67.3 Å². The van der Waals surface area contributed by atoms with Gasteiger partial charge in [-0.15, -0.1) is 6.58 Å². The van der Waals surface area contributed by atoms with E-state index in [1.54, 1.807) is 18.1 Å². The third-order valence-electron chi connectivity index (χ3n) is 4.84. The molecule has 0 aromatic heterocycles. The monoisotopic (exact) mass is 365 g/mol. The second kappa shape index (κ2) is 9.24. The van der Waals surface area contributed by atoms with Gasteiger partial charge in [-0.3, -0.25) is 9.69 Å². The van der Waals surface area contributed by atoms with Crippen molar-refractivity contribution in [3.05, 3.63) is 67.3 Å². The lowest BCUT2D eigenvalue weighted by Gasteiger charge is -2.37. The van der Waals surface area contributed by atoms with Crippen molar-refractivity contribution in [2.24, 2.45) is 0 Å². The first-order valence-corrected chi connectivity index (χ1v) is 9.29. The van der Waals surface area contributed by atoms with Crippen molar-refractivity contribution in [3.8, 4) is 5.75 Å². The van der Waals surface area contributed by atoms with E-state index in [2.05, 4.69) is 22.4 Å². The lowest BCUT2D eigenvalue weighted by atomic mass is 10.2. The summed E-state index contributed by atoms with van der Waals surface area (Å²) in [5.41, 5.74) is 2.03. The predicted molar refractivity (Wildman–Crippen MR) is 111 cm³/mol. The van der Waals surface area contributed by atoms with Crippen molar-refractivity contribution in [1.29, 1.82) is 0 Å². The van der Waals surface area contributed by atoms with Crippen LogP contribution >= 0.6 is 0 Å². The summed E-state index contributed by atoms with van der Waals surface area (Å²) in [5, 5.41) is 0. The number of methoxy groups -OCH3 is 1. The number of hydrogen-bond acceptors (Lipinski definition) is 4. The van der Waals surface area contributed by atoms with Gasteiger partial charge < -0.3 is 14.5 Å². The summed E-state index contributed by atoms with van der Waals surface area (Å²) in [5.74, 6) is 0.995. The van der Waals surface area contributed by atoms with Crippen LogP contribution in [0.25, 0.3) is 0 Å². The Morgan fingerprint density at radius 2 is 1.74 bits per heavy atom. The number of anilines is 2. The van der Waals surface area contributed by atoms with Gasteiger partial charge >= 0.3 is 0 Å². The number of rotatable bonds is 7. The molecular weight excluding hydrogens is 338 g/mol. The molecule has 0 N–H and O–H groups in total. The predicted octanol–water partition coefficient (Wildman–Crippen LogP) is 3.04. The summed E-state index contributed by atoms with van der Waals surface area (Å²) in [7, 11) is 1.70. The van der Waals surface area contributed by atoms with Crippen LogP contribution in [0.3, 0.4) is 0 Å². The molecule has 0 aliphatic carbocycles. The number of amides is 1. The van der Waals surface area contributed by atoms with Gasteiger partial charge in [-0.05, 0) is 24.3 Å².